The Morgan fingerprint density at radius 1 is 1.25 bits per heavy atom. The van der Waals surface area contributed by atoms with Crippen LogP contribution >= 0.6 is 11.3 Å². The first kappa shape index (κ1) is 13.3. The van der Waals surface area contributed by atoms with Crippen molar-refractivity contribution in [1.82, 2.24) is 4.98 Å². The lowest BCUT2D eigenvalue weighted by atomic mass is 10.0. The molecule has 1 N–H and O–H groups in total. The van der Waals surface area contributed by atoms with E-state index in [1.807, 2.05) is 38.1 Å². The predicted octanol–water partition coefficient (Wildman–Crippen LogP) is 4.09. The van der Waals surface area contributed by atoms with Crippen molar-refractivity contribution < 1.29 is 9.52 Å². The van der Waals surface area contributed by atoms with Gasteiger partial charge in [0.1, 0.15) is 11.3 Å². The highest BCUT2D eigenvalue weighted by atomic mass is 32.1. The van der Waals surface area contributed by atoms with Gasteiger partial charge in [0.05, 0.1) is 16.8 Å². The number of benzene rings is 1. The van der Waals surface area contributed by atoms with Crippen molar-refractivity contribution in [3.63, 3.8) is 0 Å². The van der Waals surface area contributed by atoms with E-state index in [-0.39, 0.29) is 0 Å². The van der Waals surface area contributed by atoms with E-state index in [9.17, 15) is 5.11 Å². The maximum atomic E-state index is 10.5. The van der Waals surface area contributed by atoms with Gasteiger partial charge in [-0.25, -0.2) is 4.98 Å². The number of aliphatic hydroxyl groups is 1. The van der Waals surface area contributed by atoms with Crippen LogP contribution in [0, 0.1) is 20.8 Å². The lowest BCUT2D eigenvalue weighted by molar-refractivity contribution is 0.177. The van der Waals surface area contributed by atoms with Crippen LogP contribution in [0.2, 0.25) is 0 Å². The molecule has 1 unspecified atom stereocenters. The minimum absolute atomic E-state index is 0.531. The molecule has 0 fully saturated rings. The molecule has 0 aliphatic heterocycles. The summed E-state index contributed by atoms with van der Waals surface area (Å²) in [6.07, 6.45) is -0.0485. The number of furan rings is 1. The van der Waals surface area contributed by atoms with E-state index < -0.39 is 6.10 Å². The molecule has 104 valence electrons. The molecule has 2 heterocycles. The van der Waals surface area contributed by atoms with Crippen LogP contribution in [0.4, 0.5) is 0 Å². The van der Waals surface area contributed by atoms with Crippen LogP contribution in [0.3, 0.4) is 0 Å². The zero-order valence-corrected chi connectivity index (χ0v) is 12.6. The largest absolute Gasteiger partial charge is 0.461 e. The molecule has 0 radical (unpaired) electrons. The third-order valence-corrected chi connectivity index (χ3v) is 4.69. The average molecular weight is 287 g/mol. The van der Waals surface area contributed by atoms with Gasteiger partial charge in [-0.05, 0) is 26.8 Å². The quantitative estimate of drug-likeness (QED) is 0.789. The summed E-state index contributed by atoms with van der Waals surface area (Å²) >= 11 is 1.65. The highest BCUT2D eigenvalue weighted by Gasteiger charge is 2.20. The van der Waals surface area contributed by atoms with Crippen LogP contribution in [0.25, 0.3) is 11.0 Å². The van der Waals surface area contributed by atoms with Crippen molar-refractivity contribution in [2.45, 2.75) is 33.3 Å². The van der Waals surface area contributed by atoms with Gasteiger partial charge in [0.15, 0.2) is 0 Å². The molecule has 0 saturated carbocycles. The molecule has 0 bridgehead atoms. The Morgan fingerprint density at radius 3 is 2.70 bits per heavy atom. The molecule has 0 amide bonds. The molecule has 3 rings (SSSR count). The van der Waals surface area contributed by atoms with Gasteiger partial charge >= 0.3 is 0 Å². The van der Waals surface area contributed by atoms with Crippen LogP contribution in [-0.4, -0.2) is 10.1 Å². The minimum atomic E-state index is -0.580. The molecule has 20 heavy (non-hydrogen) atoms. The van der Waals surface area contributed by atoms with Crippen molar-refractivity contribution in [1.29, 1.82) is 0 Å². The second-order valence-corrected chi connectivity index (χ2v) is 6.32. The van der Waals surface area contributed by atoms with E-state index in [2.05, 4.69) is 11.9 Å². The summed E-state index contributed by atoms with van der Waals surface area (Å²) in [5.41, 5.74) is 2.75. The van der Waals surface area contributed by atoms with Crippen LogP contribution < -0.4 is 0 Å². The lowest BCUT2D eigenvalue weighted by Gasteiger charge is -2.08. The SMILES string of the molecule is Cc1nc(CC(O)c2c(C)oc3ccccc23)sc1C. The lowest BCUT2D eigenvalue weighted by Crippen LogP contribution is -2.02. The smallest absolute Gasteiger partial charge is 0.134 e. The number of aliphatic hydroxyl groups excluding tert-OH is 1. The van der Waals surface area contributed by atoms with Gasteiger partial charge in [-0.15, -0.1) is 11.3 Å². The molecule has 1 aromatic carbocycles. The molecule has 3 aromatic rings. The van der Waals surface area contributed by atoms with E-state index in [0.717, 1.165) is 33.0 Å². The van der Waals surface area contributed by atoms with Crippen molar-refractivity contribution in [2.24, 2.45) is 0 Å². The third-order valence-electron chi connectivity index (χ3n) is 3.59. The third kappa shape index (κ3) is 2.25. The molecular weight excluding hydrogens is 270 g/mol. The van der Waals surface area contributed by atoms with Gasteiger partial charge in [-0.2, -0.15) is 0 Å². The summed E-state index contributed by atoms with van der Waals surface area (Å²) in [6, 6.07) is 7.82. The summed E-state index contributed by atoms with van der Waals surface area (Å²) in [5, 5.41) is 12.5. The first-order chi connectivity index (χ1) is 9.56. The first-order valence-corrected chi connectivity index (χ1v) is 7.47. The van der Waals surface area contributed by atoms with Crippen LogP contribution in [0.5, 0.6) is 0 Å². The number of fused-ring (bicyclic) bond motifs is 1. The number of thiazole rings is 1. The van der Waals surface area contributed by atoms with Gasteiger partial charge in [0.2, 0.25) is 0 Å². The normalized spacial score (nSPS) is 13.0. The molecular formula is C16H17NO2S. The molecule has 1 atom stereocenters. The van der Waals surface area contributed by atoms with Crippen LogP contribution in [-0.2, 0) is 6.42 Å². The standard InChI is InChI=1S/C16H17NO2S/c1-9-11(3)20-15(17-9)8-13(18)16-10(2)19-14-7-5-4-6-12(14)16/h4-7,13,18H,8H2,1-3H3. The Hall–Kier alpha value is -1.65. The van der Waals surface area contributed by atoms with Crippen LogP contribution in [0.1, 0.15) is 33.0 Å². The second kappa shape index (κ2) is 5.04. The Labute approximate surface area is 121 Å². The summed E-state index contributed by atoms with van der Waals surface area (Å²) in [4.78, 5) is 5.71. The maximum absolute atomic E-state index is 10.5. The average Bonchev–Trinajstić information content (AvgIpc) is 2.88. The number of para-hydroxylation sites is 1. The minimum Gasteiger partial charge on any atom is -0.461 e. The van der Waals surface area contributed by atoms with Crippen molar-refractivity contribution in [3.8, 4) is 0 Å². The Kier molecular flexibility index (Phi) is 3.36. The molecule has 4 heteroatoms. The van der Waals surface area contributed by atoms with Gasteiger partial charge in [-0.1, -0.05) is 18.2 Å². The van der Waals surface area contributed by atoms with E-state index in [1.54, 1.807) is 11.3 Å². The molecule has 0 aliphatic rings. The fourth-order valence-electron chi connectivity index (χ4n) is 2.50. The van der Waals surface area contributed by atoms with Crippen molar-refractivity contribution in [2.75, 3.05) is 0 Å². The topological polar surface area (TPSA) is 46.3 Å². The van der Waals surface area contributed by atoms with Gasteiger partial charge < -0.3 is 9.52 Å². The van der Waals surface area contributed by atoms with Crippen molar-refractivity contribution >= 4 is 22.3 Å². The zero-order chi connectivity index (χ0) is 14.3. The van der Waals surface area contributed by atoms with E-state index >= 15 is 0 Å². The summed E-state index contributed by atoms with van der Waals surface area (Å²) in [5.74, 6) is 0.781. The molecule has 0 aliphatic carbocycles. The molecule has 3 nitrogen and oxygen atoms in total. The number of rotatable bonds is 3. The summed E-state index contributed by atoms with van der Waals surface area (Å²) < 4.78 is 5.71. The zero-order valence-electron chi connectivity index (χ0n) is 11.8. The molecule has 0 spiro atoms. The highest BCUT2D eigenvalue weighted by Crippen LogP contribution is 2.33. The van der Waals surface area contributed by atoms with Crippen molar-refractivity contribution in [3.05, 3.63) is 51.2 Å². The fourth-order valence-corrected chi connectivity index (χ4v) is 3.47. The Bertz CT molecular complexity index is 738. The number of hydrogen-bond donors (Lipinski definition) is 1. The number of aromatic nitrogens is 1. The Morgan fingerprint density at radius 2 is 2.00 bits per heavy atom. The van der Waals surface area contributed by atoms with E-state index in [0.29, 0.717) is 6.42 Å². The van der Waals surface area contributed by atoms with Gasteiger partial charge in [0.25, 0.3) is 0 Å². The monoisotopic (exact) mass is 287 g/mol. The number of aryl methyl sites for hydroxylation is 3. The van der Waals surface area contributed by atoms with Gasteiger partial charge in [-0.3, -0.25) is 0 Å². The Balaban J connectivity index is 1.96. The first-order valence-electron chi connectivity index (χ1n) is 6.65. The number of hydrogen-bond acceptors (Lipinski definition) is 4. The van der Waals surface area contributed by atoms with Gasteiger partial charge in [0, 0.05) is 22.2 Å². The molecule has 0 saturated heterocycles. The fraction of sp³-hybridized carbons (Fsp3) is 0.312. The molecule has 2 aromatic heterocycles. The summed E-state index contributed by atoms with van der Waals surface area (Å²) in [6.45, 7) is 5.96. The highest BCUT2D eigenvalue weighted by molar-refractivity contribution is 7.11. The predicted molar refractivity (Wildman–Crippen MR) is 81.2 cm³/mol. The maximum Gasteiger partial charge on any atom is 0.134 e. The summed E-state index contributed by atoms with van der Waals surface area (Å²) in [7, 11) is 0. The second-order valence-electron chi connectivity index (χ2n) is 5.04. The van der Waals surface area contributed by atoms with E-state index in [1.165, 1.54) is 4.88 Å². The number of nitrogens with zero attached hydrogens (tertiary/aromatic N) is 1. The van der Waals surface area contributed by atoms with Crippen LogP contribution in [0.15, 0.2) is 28.7 Å². The van der Waals surface area contributed by atoms with E-state index in [4.69, 9.17) is 4.42 Å².